The summed E-state index contributed by atoms with van der Waals surface area (Å²) in [5.41, 5.74) is -0.491. The Morgan fingerprint density at radius 1 is 1.43 bits per heavy atom. The fourth-order valence-corrected chi connectivity index (χ4v) is 4.20. The number of halogens is 1. The Hall–Kier alpha value is -0.890. The van der Waals surface area contributed by atoms with Gasteiger partial charge in [0.15, 0.2) is 0 Å². The molecule has 0 bridgehead atoms. The van der Waals surface area contributed by atoms with Crippen LogP contribution in [0.2, 0.25) is 5.02 Å². The molecular weight excluding hydrogens is 314 g/mol. The minimum absolute atomic E-state index is 0.0209. The molecular formula is C13H20ClN3O3S. The molecule has 8 heteroatoms. The number of H-pyrrole nitrogens is 1. The number of sulfonamides is 1. The molecule has 0 spiro atoms. The first-order chi connectivity index (χ1) is 9.86. The van der Waals surface area contributed by atoms with Crippen molar-refractivity contribution in [3.63, 3.8) is 0 Å². The van der Waals surface area contributed by atoms with Crippen molar-refractivity contribution in [2.75, 3.05) is 26.7 Å². The second-order valence-electron chi connectivity index (χ2n) is 5.20. The Kier molecular flexibility index (Phi) is 5.08. The van der Waals surface area contributed by atoms with Crippen molar-refractivity contribution in [2.45, 2.75) is 30.7 Å². The van der Waals surface area contributed by atoms with Gasteiger partial charge in [-0.2, -0.15) is 4.31 Å². The van der Waals surface area contributed by atoms with Gasteiger partial charge in [0.1, 0.15) is 5.02 Å². The van der Waals surface area contributed by atoms with E-state index in [1.807, 2.05) is 0 Å². The van der Waals surface area contributed by atoms with E-state index in [4.69, 9.17) is 11.6 Å². The van der Waals surface area contributed by atoms with E-state index in [1.54, 1.807) is 7.05 Å². The Morgan fingerprint density at radius 2 is 2.05 bits per heavy atom. The lowest BCUT2D eigenvalue weighted by molar-refractivity contribution is 0.176. The van der Waals surface area contributed by atoms with Crippen LogP contribution in [0.1, 0.15) is 19.8 Å². The van der Waals surface area contributed by atoms with Gasteiger partial charge in [-0.25, -0.2) is 8.42 Å². The van der Waals surface area contributed by atoms with Crippen molar-refractivity contribution >= 4 is 21.6 Å². The lowest BCUT2D eigenvalue weighted by Gasteiger charge is -2.35. The first-order valence-corrected chi connectivity index (χ1v) is 8.76. The molecule has 0 aromatic carbocycles. The minimum atomic E-state index is -3.64. The fraction of sp³-hybridized carbons (Fsp3) is 0.615. The van der Waals surface area contributed by atoms with Crippen LogP contribution < -0.4 is 5.56 Å². The average Bonchev–Trinajstić information content (AvgIpc) is 2.49. The average molecular weight is 334 g/mol. The second kappa shape index (κ2) is 6.48. The molecule has 2 rings (SSSR count). The molecule has 6 nitrogen and oxygen atoms in total. The first-order valence-electron chi connectivity index (χ1n) is 6.95. The highest BCUT2D eigenvalue weighted by Gasteiger charge is 2.30. The van der Waals surface area contributed by atoms with E-state index in [0.29, 0.717) is 0 Å². The quantitative estimate of drug-likeness (QED) is 0.896. The predicted molar refractivity (Wildman–Crippen MR) is 82.2 cm³/mol. The molecule has 0 saturated carbocycles. The third kappa shape index (κ3) is 3.48. The molecule has 0 unspecified atom stereocenters. The first kappa shape index (κ1) is 16.5. The number of aromatic amines is 1. The Bertz CT molecular complexity index is 651. The number of hydrogen-bond acceptors (Lipinski definition) is 4. The smallest absolute Gasteiger partial charge is 0.266 e. The van der Waals surface area contributed by atoms with Gasteiger partial charge in [-0.3, -0.25) is 4.79 Å². The highest BCUT2D eigenvalue weighted by Crippen LogP contribution is 2.22. The summed E-state index contributed by atoms with van der Waals surface area (Å²) in [5, 5.41) is -0.120. The summed E-state index contributed by atoms with van der Waals surface area (Å²) in [5.74, 6) is 0. The van der Waals surface area contributed by atoms with E-state index in [2.05, 4.69) is 16.8 Å². The normalized spacial score (nSPS) is 18.3. The Labute approximate surface area is 129 Å². The van der Waals surface area contributed by atoms with Crippen LogP contribution in [-0.2, 0) is 10.0 Å². The highest BCUT2D eigenvalue weighted by atomic mass is 35.5. The summed E-state index contributed by atoms with van der Waals surface area (Å²) >= 11 is 5.71. The van der Waals surface area contributed by atoms with Gasteiger partial charge in [-0.05, 0) is 38.5 Å². The molecule has 1 aliphatic heterocycles. The van der Waals surface area contributed by atoms with Crippen LogP contribution in [0.5, 0.6) is 0 Å². The molecule has 0 radical (unpaired) electrons. The van der Waals surface area contributed by atoms with Crippen molar-refractivity contribution in [1.82, 2.24) is 14.2 Å². The minimum Gasteiger partial charge on any atom is -0.326 e. The number of pyridine rings is 1. The van der Waals surface area contributed by atoms with Gasteiger partial charge in [0.05, 0.1) is 4.90 Å². The van der Waals surface area contributed by atoms with Gasteiger partial charge < -0.3 is 9.88 Å². The zero-order valence-electron chi connectivity index (χ0n) is 12.2. The van der Waals surface area contributed by atoms with Crippen molar-refractivity contribution in [2.24, 2.45) is 0 Å². The number of piperidine rings is 1. The summed E-state index contributed by atoms with van der Waals surface area (Å²) in [4.78, 5) is 15.9. The topological polar surface area (TPSA) is 73.5 Å². The molecule has 118 valence electrons. The number of aromatic nitrogens is 1. The Balaban J connectivity index is 2.19. The van der Waals surface area contributed by atoms with Crippen molar-refractivity contribution in [1.29, 1.82) is 0 Å². The van der Waals surface area contributed by atoms with Crippen LogP contribution in [0, 0.1) is 0 Å². The number of nitrogens with zero attached hydrogens (tertiary/aromatic N) is 2. The van der Waals surface area contributed by atoms with Crippen LogP contribution in [0.15, 0.2) is 22.0 Å². The molecule has 1 aliphatic rings. The predicted octanol–water partition coefficient (Wildman–Crippen LogP) is 1.13. The molecule has 21 heavy (non-hydrogen) atoms. The molecule has 2 heterocycles. The number of likely N-dealkylation sites (tertiary alicyclic amines) is 1. The molecule has 1 aromatic rings. The lowest BCUT2D eigenvalue weighted by Crippen LogP contribution is -2.45. The molecule has 0 amide bonds. The van der Waals surface area contributed by atoms with Gasteiger partial charge in [0.25, 0.3) is 5.56 Å². The van der Waals surface area contributed by atoms with Crippen LogP contribution in [0.25, 0.3) is 0 Å². The standard InChI is InChI=1S/C13H20ClN3O3S/c1-3-17-6-4-10(5-7-17)16(2)21(19,20)11-8-12(14)13(18)15-9-11/h8-10H,3-7H2,1-2H3,(H,15,18). The monoisotopic (exact) mass is 333 g/mol. The highest BCUT2D eigenvalue weighted by molar-refractivity contribution is 7.89. The zero-order valence-corrected chi connectivity index (χ0v) is 13.7. The molecule has 1 saturated heterocycles. The SMILES string of the molecule is CCN1CCC(N(C)S(=O)(=O)c2c[nH]c(=O)c(Cl)c2)CC1. The summed E-state index contributed by atoms with van der Waals surface area (Å²) in [7, 11) is -2.06. The van der Waals surface area contributed by atoms with Crippen molar-refractivity contribution in [3.05, 3.63) is 27.6 Å². The van der Waals surface area contributed by atoms with Gasteiger partial charge in [0.2, 0.25) is 10.0 Å². The maximum atomic E-state index is 12.6. The molecule has 1 N–H and O–H groups in total. The summed E-state index contributed by atoms with van der Waals surface area (Å²) in [6.45, 7) is 4.88. The van der Waals surface area contributed by atoms with E-state index in [-0.39, 0.29) is 16.0 Å². The van der Waals surface area contributed by atoms with E-state index >= 15 is 0 Å². The maximum Gasteiger partial charge on any atom is 0.266 e. The lowest BCUT2D eigenvalue weighted by atomic mass is 10.1. The summed E-state index contributed by atoms with van der Waals surface area (Å²) < 4.78 is 26.5. The Morgan fingerprint density at radius 3 is 2.57 bits per heavy atom. The molecule has 0 atom stereocenters. The van der Waals surface area contributed by atoms with E-state index < -0.39 is 15.6 Å². The van der Waals surface area contributed by atoms with Crippen LogP contribution in [-0.4, -0.2) is 55.3 Å². The largest absolute Gasteiger partial charge is 0.326 e. The third-order valence-corrected chi connectivity index (χ3v) is 6.20. The van der Waals surface area contributed by atoms with Crippen LogP contribution >= 0.6 is 11.6 Å². The van der Waals surface area contributed by atoms with Gasteiger partial charge in [-0.1, -0.05) is 18.5 Å². The van der Waals surface area contributed by atoms with Crippen molar-refractivity contribution < 1.29 is 8.42 Å². The van der Waals surface area contributed by atoms with Gasteiger partial charge >= 0.3 is 0 Å². The van der Waals surface area contributed by atoms with Crippen molar-refractivity contribution in [3.8, 4) is 0 Å². The maximum absolute atomic E-state index is 12.6. The molecule has 1 aromatic heterocycles. The van der Waals surface area contributed by atoms with E-state index in [0.717, 1.165) is 32.5 Å². The molecule has 1 fully saturated rings. The number of nitrogens with one attached hydrogen (secondary N) is 1. The fourth-order valence-electron chi connectivity index (χ4n) is 2.55. The van der Waals surface area contributed by atoms with E-state index in [1.165, 1.54) is 16.6 Å². The second-order valence-corrected chi connectivity index (χ2v) is 7.60. The van der Waals surface area contributed by atoms with Gasteiger partial charge in [0, 0.05) is 19.3 Å². The van der Waals surface area contributed by atoms with Gasteiger partial charge in [-0.15, -0.1) is 0 Å². The molecule has 0 aliphatic carbocycles. The van der Waals surface area contributed by atoms with Crippen LogP contribution in [0.4, 0.5) is 0 Å². The third-order valence-electron chi connectivity index (χ3n) is 4.03. The number of rotatable bonds is 4. The van der Waals surface area contributed by atoms with Crippen LogP contribution in [0.3, 0.4) is 0 Å². The zero-order chi connectivity index (χ0) is 15.6. The summed E-state index contributed by atoms with van der Waals surface area (Å²) in [6.07, 6.45) is 2.81. The summed E-state index contributed by atoms with van der Waals surface area (Å²) in [6, 6.07) is 1.18. The van der Waals surface area contributed by atoms with E-state index in [9.17, 15) is 13.2 Å². The number of hydrogen-bond donors (Lipinski definition) is 1.